The van der Waals surface area contributed by atoms with Crippen LogP contribution in [0.1, 0.15) is 101 Å². The summed E-state index contributed by atoms with van der Waals surface area (Å²) in [6.45, 7) is 17.8. The Morgan fingerprint density at radius 3 is 1.52 bits per heavy atom. The Bertz CT molecular complexity index is 1200. The first kappa shape index (κ1) is 46.0. The smallest absolute Gasteiger partial charge is 0.373 e. The van der Waals surface area contributed by atoms with Crippen molar-refractivity contribution in [1.82, 2.24) is 0 Å². The Balaban J connectivity index is 0.000000891. The van der Waals surface area contributed by atoms with Crippen LogP contribution in [-0.4, -0.2) is 90.2 Å². The third-order valence-electron chi connectivity index (χ3n) is 8.41. The standard InChI is InChI=1S/C18H31NO5.C15H23NO7.CO2/c1-7-13(8-2)24-15-11-12(17(20)23-9-3)10-14(19(21)22)16(15)18(4,5)6;1-4-11(5-2)23-13-8-10(15(18)21-6-3)7-12(16(19)20)14(13)22-9-17;2-1-3/h11,13-16H,7-10H2,1-6H3;8-9,11-14H,4-7H2,1-3H3;/t14?,15-,16-;12?,13-,14-;/m11./s1. The number of hydrogen-bond donors (Lipinski definition) is 0. The molecule has 0 saturated heterocycles. The Kier molecular flexibility index (Phi) is 21.5. The molecule has 0 N–H and O–H groups in total. The molecule has 0 saturated carbocycles. The molecule has 50 heavy (non-hydrogen) atoms. The minimum atomic E-state index is -1.25. The van der Waals surface area contributed by atoms with Gasteiger partial charge in [-0.3, -0.25) is 25.0 Å². The van der Waals surface area contributed by atoms with Gasteiger partial charge in [-0.15, -0.1) is 0 Å². The van der Waals surface area contributed by atoms with Crippen LogP contribution < -0.4 is 0 Å². The van der Waals surface area contributed by atoms with Gasteiger partial charge in [0.05, 0.1) is 43.9 Å². The van der Waals surface area contributed by atoms with Gasteiger partial charge >= 0.3 is 18.1 Å². The van der Waals surface area contributed by atoms with Crippen LogP contribution in [-0.2, 0) is 47.7 Å². The minimum absolute atomic E-state index is 0.0186. The first-order valence-electron chi connectivity index (χ1n) is 17.0. The van der Waals surface area contributed by atoms with E-state index >= 15 is 0 Å². The van der Waals surface area contributed by atoms with Gasteiger partial charge in [-0.2, -0.15) is 9.59 Å². The molecule has 0 radical (unpaired) electrons. The number of carbonyl (C=O) groups is 3. The maximum Gasteiger partial charge on any atom is 0.373 e. The lowest BCUT2D eigenvalue weighted by Crippen LogP contribution is -2.49. The Hall–Kier alpha value is -4.01. The third-order valence-corrected chi connectivity index (χ3v) is 8.41. The number of hydrogen-bond acceptors (Lipinski definition) is 14. The van der Waals surface area contributed by atoms with E-state index in [1.165, 1.54) is 6.08 Å². The molecule has 0 aromatic heterocycles. The van der Waals surface area contributed by atoms with Gasteiger partial charge in [0.15, 0.2) is 6.10 Å². The van der Waals surface area contributed by atoms with E-state index in [1.54, 1.807) is 19.9 Å². The van der Waals surface area contributed by atoms with Gasteiger partial charge in [0, 0.05) is 27.4 Å². The maximum absolute atomic E-state index is 12.1. The van der Waals surface area contributed by atoms with Crippen LogP contribution in [0.25, 0.3) is 0 Å². The molecule has 2 aliphatic rings. The van der Waals surface area contributed by atoms with Crippen molar-refractivity contribution in [3.8, 4) is 0 Å². The van der Waals surface area contributed by atoms with Crippen molar-refractivity contribution in [2.24, 2.45) is 11.3 Å². The highest BCUT2D eigenvalue weighted by Crippen LogP contribution is 2.41. The molecule has 2 unspecified atom stereocenters. The lowest BCUT2D eigenvalue weighted by molar-refractivity contribution is -0.539. The van der Waals surface area contributed by atoms with Crippen molar-refractivity contribution in [3.05, 3.63) is 43.5 Å². The van der Waals surface area contributed by atoms with Crippen LogP contribution in [0.2, 0.25) is 0 Å². The monoisotopic (exact) mass is 714 g/mol. The van der Waals surface area contributed by atoms with Crippen molar-refractivity contribution < 1.29 is 57.5 Å². The molecule has 0 bridgehead atoms. The Labute approximate surface area is 293 Å². The summed E-state index contributed by atoms with van der Waals surface area (Å²) in [5.41, 5.74) is 0.218. The highest BCUT2D eigenvalue weighted by molar-refractivity contribution is 5.89. The first-order valence-corrected chi connectivity index (χ1v) is 17.0. The number of ether oxygens (including phenoxy) is 5. The van der Waals surface area contributed by atoms with Crippen molar-refractivity contribution >= 4 is 24.6 Å². The summed E-state index contributed by atoms with van der Waals surface area (Å²) in [7, 11) is 0. The maximum atomic E-state index is 12.1. The molecule has 0 aliphatic heterocycles. The van der Waals surface area contributed by atoms with E-state index in [2.05, 4.69) is 0 Å². The van der Waals surface area contributed by atoms with E-state index in [0.29, 0.717) is 18.4 Å². The van der Waals surface area contributed by atoms with Gasteiger partial charge in [0.2, 0.25) is 6.04 Å². The van der Waals surface area contributed by atoms with Crippen molar-refractivity contribution in [1.29, 1.82) is 0 Å². The average molecular weight is 715 g/mol. The molecular weight excluding hydrogens is 660 g/mol. The number of rotatable bonds is 16. The van der Waals surface area contributed by atoms with E-state index in [1.807, 2.05) is 48.5 Å². The third kappa shape index (κ3) is 14.5. The molecule has 0 aromatic rings. The van der Waals surface area contributed by atoms with Gasteiger partial charge in [-0.1, -0.05) is 48.5 Å². The normalized spacial score (nSPS) is 23.0. The molecule has 284 valence electrons. The van der Waals surface area contributed by atoms with E-state index < -0.39 is 47.3 Å². The molecule has 6 atom stereocenters. The van der Waals surface area contributed by atoms with Crippen molar-refractivity contribution in [3.63, 3.8) is 0 Å². The minimum Gasteiger partial charge on any atom is -0.463 e. The predicted octanol–water partition coefficient (Wildman–Crippen LogP) is 4.82. The summed E-state index contributed by atoms with van der Waals surface area (Å²) in [4.78, 5) is 73.2. The van der Waals surface area contributed by atoms with Crippen LogP contribution in [0.5, 0.6) is 0 Å². The van der Waals surface area contributed by atoms with E-state index in [4.69, 9.17) is 33.3 Å². The van der Waals surface area contributed by atoms with Gasteiger partial charge in [0.1, 0.15) is 6.10 Å². The zero-order valence-corrected chi connectivity index (χ0v) is 30.6. The quantitative estimate of drug-likeness (QED) is 0.0689. The van der Waals surface area contributed by atoms with Crippen LogP contribution >= 0.6 is 0 Å². The summed E-state index contributed by atoms with van der Waals surface area (Å²) in [5, 5.41) is 23.0. The van der Waals surface area contributed by atoms with E-state index in [-0.39, 0.29) is 72.7 Å². The highest BCUT2D eigenvalue weighted by Gasteiger charge is 2.49. The molecule has 0 heterocycles. The fraction of sp³-hybridized carbons (Fsp3) is 0.765. The molecule has 2 aliphatic carbocycles. The summed E-state index contributed by atoms with van der Waals surface area (Å²) < 4.78 is 26.9. The van der Waals surface area contributed by atoms with E-state index in [9.17, 15) is 34.6 Å². The van der Waals surface area contributed by atoms with Gasteiger partial charge in [-0.05, 0) is 57.1 Å². The topological polar surface area (TPSA) is 218 Å². The fourth-order valence-corrected chi connectivity index (χ4v) is 5.96. The highest BCUT2D eigenvalue weighted by atomic mass is 16.6. The summed E-state index contributed by atoms with van der Waals surface area (Å²) >= 11 is 0. The fourth-order valence-electron chi connectivity index (χ4n) is 5.96. The van der Waals surface area contributed by atoms with Crippen LogP contribution in [0.3, 0.4) is 0 Å². The van der Waals surface area contributed by atoms with Crippen LogP contribution in [0.4, 0.5) is 0 Å². The number of nitrogens with zero attached hydrogens (tertiary/aromatic N) is 2. The number of nitro groups is 2. The largest absolute Gasteiger partial charge is 0.463 e. The Morgan fingerprint density at radius 2 is 1.18 bits per heavy atom. The average Bonchev–Trinajstić information content (AvgIpc) is 3.06. The second kappa shape index (κ2) is 23.4. The molecule has 0 aromatic carbocycles. The molecule has 16 heteroatoms. The Morgan fingerprint density at radius 1 is 0.800 bits per heavy atom. The summed E-state index contributed by atoms with van der Waals surface area (Å²) in [5.74, 6) is -1.39. The van der Waals surface area contributed by atoms with E-state index in [0.717, 1.165) is 12.8 Å². The molecular formula is C34H54N2O14. The van der Waals surface area contributed by atoms with Gasteiger partial charge in [0.25, 0.3) is 12.5 Å². The van der Waals surface area contributed by atoms with Crippen molar-refractivity contribution in [2.45, 2.75) is 143 Å². The van der Waals surface area contributed by atoms with Gasteiger partial charge in [-0.25, -0.2) is 9.59 Å². The number of carbonyl (C=O) groups excluding carboxylic acids is 5. The summed E-state index contributed by atoms with van der Waals surface area (Å²) in [6, 6.07) is -2.10. The molecule has 2 rings (SSSR count). The lowest BCUT2D eigenvalue weighted by Gasteiger charge is -2.41. The number of esters is 2. The molecule has 0 amide bonds. The van der Waals surface area contributed by atoms with Crippen molar-refractivity contribution in [2.75, 3.05) is 13.2 Å². The SMILES string of the molecule is CCOC(=O)C1=C[C@@H](OC(CC)CC)[C@H](C(C)(C)C)C([N+](=O)[O-])C1.CCOC(=O)C1=C[C@@H](OC(CC)CC)[C@H](OC=O)C([N+](=O)[O-])C1.O=C=O. The predicted molar refractivity (Wildman–Crippen MR) is 178 cm³/mol. The second-order valence-corrected chi connectivity index (χ2v) is 12.7. The molecule has 0 fully saturated rings. The lowest BCUT2D eigenvalue weighted by atomic mass is 9.68. The van der Waals surface area contributed by atoms with Gasteiger partial charge < -0.3 is 23.7 Å². The van der Waals surface area contributed by atoms with Crippen LogP contribution in [0.15, 0.2) is 23.3 Å². The molecule has 0 spiro atoms. The first-order chi connectivity index (χ1) is 23.5. The molecule has 16 nitrogen and oxygen atoms in total. The summed E-state index contributed by atoms with van der Waals surface area (Å²) in [6.07, 6.45) is 3.96. The zero-order chi connectivity index (χ0) is 38.6. The zero-order valence-electron chi connectivity index (χ0n) is 30.6. The van der Waals surface area contributed by atoms with Crippen LogP contribution in [0, 0.1) is 31.6 Å². The second-order valence-electron chi connectivity index (χ2n) is 12.7.